The van der Waals surface area contributed by atoms with Gasteiger partial charge in [-0.05, 0) is 67.2 Å². The van der Waals surface area contributed by atoms with Crippen molar-refractivity contribution < 1.29 is 24.5 Å². The lowest BCUT2D eigenvalue weighted by Gasteiger charge is -2.19. The van der Waals surface area contributed by atoms with Crippen LogP contribution in [0.4, 0.5) is 0 Å². The Kier molecular flexibility index (Phi) is 11.2. The van der Waals surface area contributed by atoms with Crippen molar-refractivity contribution in [1.82, 2.24) is 10.6 Å². The maximum Gasteiger partial charge on any atom is 0.243 e. The molecule has 2 aromatic rings. The number of guanidine groups is 2. The van der Waals surface area contributed by atoms with Crippen molar-refractivity contribution >= 4 is 29.8 Å². The minimum Gasteiger partial charge on any atom is -0.508 e. The number of nitrogens with zero attached hydrogens (tertiary/aromatic N) is 2. The summed E-state index contributed by atoms with van der Waals surface area (Å²) in [6, 6.07) is 9.54. The van der Waals surface area contributed by atoms with Crippen LogP contribution in [0.15, 0.2) is 52.5 Å². The van der Waals surface area contributed by atoms with Gasteiger partial charge in [-0.15, -0.1) is 0 Å². The van der Waals surface area contributed by atoms with Crippen molar-refractivity contribution in [1.29, 1.82) is 0 Å². The Bertz CT molecular complexity index is 1290. The first-order valence-electron chi connectivity index (χ1n) is 13.3. The maximum atomic E-state index is 13.4. The Morgan fingerprint density at radius 1 is 0.878 bits per heavy atom. The highest BCUT2D eigenvalue weighted by molar-refractivity contribution is 5.92. The van der Waals surface area contributed by atoms with Crippen LogP contribution < -0.4 is 38.3 Å². The Morgan fingerprint density at radius 2 is 1.49 bits per heavy atom. The zero-order valence-corrected chi connectivity index (χ0v) is 22.8. The SMILES string of the molecule is NC(N)=NCCCCNC(=O)/C=C\c1cc(O)c2c(c1)C(C(=O)NCCCCN=C(N)N)C(c1ccc(O)cc1)O2. The number of unbranched alkanes of at least 4 members (excludes halogenated alkanes) is 2. The molecule has 2 amide bonds. The summed E-state index contributed by atoms with van der Waals surface area (Å²) in [6.07, 6.45) is 4.95. The minimum atomic E-state index is -0.787. The van der Waals surface area contributed by atoms with E-state index < -0.39 is 12.0 Å². The van der Waals surface area contributed by atoms with Crippen molar-refractivity contribution in [2.24, 2.45) is 32.9 Å². The molecular weight excluding hydrogens is 528 g/mol. The lowest BCUT2D eigenvalue weighted by atomic mass is 9.89. The number of hydrogen-bond acceptors (Lipinski definition) is 7. The number of phenols is 2. The molecule has 0 aromatic heterocycles. The van der Waals surface area contributed by atoms with Gasteiger partial charge in [-0.3, -0.25) is 19.6 Å². The fraction of sp³-hybridized carbons (Fsp3) is 0.357. The number of carbonyl (C=O) groups excluding carboxylic acids is 2. The highest BCUT2D eigenvalue weighted by atomic mass is 16.5. The van der Waals surface area contributed by atoms with Crippen LogP contribution >= 0.6 is 0 Å². The molecule has 0 radical (unpaired) electrons. The quantitative estimate of drug-likeness (QED) is 0.0693. The number of nitrogens with two attached hydrogens (primary N) is 4. The van der Waals surface area contributed by atoms with Crippen LogP contribution in [0.5, 0.6) is 17.2 Å². The topological polar surface area (TPSA) is 237 Å². The fourth-order valence-corrected chi connectivity index (χ4v) is 4.33. The molecule has 12 N–H and O–H groups in total. The van der Waals surface area contributed by atoms with Crippen LogP contribution in [-0.2, 0) is 9.59 Å². The van der Waals surface area contributed by atoms with Crippen LogP contribution in [0, 0.1) is 0 Å². The van der Waals surface area contributed by atoms with Crippen LogP contribution in [0.3, 0.4) is 0 Å². The van der Waals surface area contributed by atoms with Crippen molar-refractivity contribution in [3.8, 4) is 17.2 Å². The predicted molar refractivity (Wildman–Crippen MR) is 157 cm³/mol. The van der Waals surface area contributed by atoms with Gasteiger partial charge in [-0.25, -0.2) is 0 Å². The number of ether oxygens (including phenoxy) is 1. The van der Waals surface area contributed by atoms with Gasteiger partial charge in [0, 0.05) is 37.8 Å². The van der Waals surface area contributed by atoms with Gasteiger partial charge in [0.05, 0.1) is 0 Å². The van der Waals surface area contributed by atoms with Gasteiger partial charge in [-0.1, -0.05) is 12.1 Å². The molecule has 1 aliphatic rings. The lowest BCUT2D eigenvalue weighted by molar-refractivity contribution is -0.124. The van der Waals surface area contributed by atoms with E-state index in [9.17, 15) is 19.8 Å². The Labute approximate surface area is 238 Å². The van der Waals surface area contributed by atoms with E-state index in [-0.39, 0.29) is 41.0 Å². The highest BCUT2D eigenvalue weighted by Gasteiger charge is 2.42. The second kappa shape index (κ2) is 15.0. The van der Waals surface area contributed by atoms with E-state index in [2.05, 4.69) is 20.6 Å². The monoisotopic (exact) mass is 566 g/mol. The van der Waals surface area contributed by atoms with Crippen molar-refractivity contribution in [2.75, 3.05) is 26.2 Å². The van der Waals surface area contributed by atoms with Gasteiger partial charge in [0.2, 0.25) is 11.8 Å². The van der Waals surface area contributed by atoms with Crippen LogP contribution in [0.25, 0.3) is 6.08 Å². The summed E-state index contributed by atoms with van der Waals surface area (Å²) in [5.41, 5.74) is 22.9. The number of hydrogen-bond donors (Lipinski definition) is 8. The van der Waals surface area contributed by atoms with Gasteiger partial charge in [-0.2, -0.15) is 0 Å². The van der Waals surface area contributed by atoms with Crippen molar-refractivity contribution in [2.45, 2.75) is 37.7 Å². The molecule has 41 heavy (non-hydrogen) atoms. The number of aromatic hydroxyl groups is 2. The predicted octanol–water partition coefficient (Wildman–Crippen LogP) is 0.668. The molecule has 0 fully saturated rings. The second-order valence-corrected chi connectivity index (χ2v) is 9.51. The summed E-state index contributed by atoms with van der Waals surface area (Å²) < 4.78 is 6.08. The van der Waals surface area contributed by atoms with Crippen molar-refractivity contribution in [3.05, 3.63) is 59.2 Å². The maximum absolute atomic E-state index is 13.4. The molecule has 0 bridgehead atoms. The third-order valence-corrected chi connectivity index (χ3v) is 6.29. The molecule has 1 heterocycles. The summed E-state index contributed by atoms with van der Waals surface area (Å²) in [5, 5.41) is 26.2. The second-order valence-electron chi connectivity index (χ2n) is 9.51. The number of phenolic OH excluding ortho intramolecular Hbond substituents is 2. The van der Waals surface area contributed by atoms with Gasteiger partial charge < -0.3 is 48.5 Å². The van der Waals surface area contributed by atoms with E-state index in [1.807, 2.05) is 0 Å². The zero-order valence-electron chi connectivity index (χ0n) is 22.8. The molecule has 2 unspecified atom stereocenters. The summed E-state index contributed by atoms with van der Waals surface area (Å²) >= 11 is 0. The molecular formula is C28H38N8O5. The lowest BCUT2D eigenvalue weighted by Crippen LogP contribution is -2.32. The Balaban J connectivity index is 1.72. The molecule has 1 aliphatic heterocycles. The first-order valence-corrected chi connectivity index (χ1v) is 13.3. The van der Waals surface area contributed by atoms with Gasteiger partial charge >= 0.3 is 0 Å². The Morgan fingerprint density at radius 3 is 2.10 bits per heavy atom. The third-order valence-electron chi connectivity index (χ3n) is 6.29. The van der Waals surface area contributed by atoms with Crippen LogP contribution in [0.1, 0.15) is 54.4 Å². The summed E-state index contributed by atoms with van der Waals surface area (Å²) in [5.74, 6) is -1.21. The summed E-state index contributed by atoms with van der Waals surface area (Å²) in [7, 11) is 0. The molecule has 0 spiro atoms. The molecule has 0 saturated heterocycles. The number of nitrogens with one attached hydrogen (secondary N) is 2. The molecule has 3 rings (SSSR count). The molecule has 0 aliphatic carbocycles. The molecule has 13 nitrogen and oxygen atoms in total. The normalized spacial score (nSPS) is 15.5. The summed E-state index contributed by atoms with van der Waals surface area (Å²) in [6.45, 7) is 1.79. The number of carbonyl (C=O) groups is 2. The van der Waals surface area contributed by atoms with E-state index in [4.69, 9.17) is 27.7 Å². The van der Waals surface area contributed by atoms with Gasteiger partial charge in [0.15, 0.2) is 23.4 Å². The summed E-state index contributed by atoms with van der Waals surface area (Å²) in [4.78, 5) is 33.5. The van der Waals surface area contributed by atoms with Gasteiger partial charge in [0.1, 0.15) is 17.8 Å². The van der Waals surface area contributed by atoms with E-state index in [0.29, 0.717) is 62.1 Å². The standard InChI is InChI=1S/C28H38N8O5/c29-27(30)35-13-3-1-11-33-22(39)10-5-17-15-20-23(26(40)34-12-2-4-14-36-28(31)32)24(41-25(20)21(38)16-17)18-6-8-19(37)9-7-18/h5-10,15-16,23-24,37-38H,1-4,11-14H2,(H,33,39)(H,34,40)(H4,29,30,35)(H4,31,32,36)/b10-5-. The van der Waals surface area contributed by atoms with Crippen molar-refractivity contribution in [3.63, 3.8) is 0 Å². The number of aliphatic imine (C=N–C) groups is 2. The molecule has 2 atom stereocenters. The fourth-order valence-electron chi connectivity index (χ4n) is 4.33. The highest BCUT2D eigenvalue weighted by Crippen LogP contribution is 2.51. The average Bonchev–Trinajstić information content (AvgIpc) is 3.31. The number of amides is 2. The van der Waals surface area contributed by atoms with Crippen LogP contribution in [-0.4, -0.2) is 60.1 Å². The third kappa shape index (κ3) is 9.34. The van der Waals surface area contributed by atoms with Crippen LogP contribution in [0.2, 0.25) is 0 Å². The largest absolute Gasteiger partial charge is 0.508 e. The number of benzene rings is 2. The molecule has 13 heteroatoms. The zero-order chi connectivity index (χ0) is 29.8. The van der Waals surface area contributed by atoms with E-state index in [1.165, 1.54) is 24.3 Å². The Hall–Kier alpha value is -4.94. The molecule has 2 aromatic carbocycles. The van der Waals surface area contributed by atoms with E-state index in [0.717, 1.165) is 6.42 Å². The smallest absolute Gasteiger partial charge is 0.243 e. The first-order chi connectivity index (χ1) is 19.7. The molecule has 0 saturated carbocycles. The molecule has 220 valence electrons. The van der Waals surface area contributed by atoms with E-state index >= 15 is 0 Å². The minimum absolute atomic E-state index is 0.0205. The average molecular weight is 567 g/mol. The first kappa shape index (κ1) is 30.6. The van der Waals surface area contributed by atoms with Gasteiger partial charge in [0.25, 0.3) is 0 Å². The number of rotatable bonds is 14. The van der Waals surface area contributed by atoms with E-state index in [1.54, 1.807) is 24.3 Å². The number of fused-ring (bicyclic) bond motifs is 1.